The van der Waals surface area contributed by atoms with Crippen LogP contribution >= 0.6 is 23.1 Å². The molecule has 0 aliphatic heterocycles. The minimum absolute atomic E-state index is 0.0608. The number of rotatable bonds is 8. The number of aromatic nitrogens is 4. The van der Waals surface area contributed by atoms with Crippen molar-refractivity contribution >= 4 is 45.7 Å². The molecule has 0 bridgehead atoms. The Bertz CT molecular complexity index is 1050. The van der Waals surface area contributed by atoms with Crippen LogP contribution in [-0.2, 0) is 22.6 Å². The number of amides is 2. The predicted octanol–water partition coefficient (Wildman–Crippen LogP) is 3.50. The number of hydrogen-bond donors (Lipinski definition) is 2. The maximum atomic E-state index is 13.7. The average Bonchev–Trinajstić information content (AvgIpc) is 3.28. The number of nitrogens with zero attached hydrogens (tertiary/aromatic N) is 4. The first-order valence-corrected chi connectivity index (χ1v) is 11.0. The third-order valence-electron chi connectivity index (χ3n) is 4.08. The first-order chi connectivity index (χ1) is 14.4. The third-order valence-corrected chi connectivity index (χ3v) is 6.03. The molecule has 0 radical (unpaired) electrons. The molecule has 3 rings (SSSR count). The number of anilines is 2. The van der Waals surface area contributed by atoms with Gasteiger partial charge >= 0.3 is 0 Å². The van der Waals surface area contributed by atoms with Crippen LogP contribution in [0.25, 0.3) is 0 Å². The van der Waals surface area contributed by atoms with Gasteiger partial charge < -0.3 is 15.2 Å². The SMILES string of the molecule is CCn1c(CC(=O)Nc2ccccc2F)nnc1S[C@H](C)C(=O)Nc1nc(C)cs1. The molecule has 30 heavy (non-hydrogen) atoms. The topological polar surface area (TPSA) is 102 Å². The molecule has 0 aliphatic carbocycles. The second-order valence-electron chi connectivity index (χ2n) is 6.39. The number of thioether (sulfide) groups is 1. The summed E-state index contributed by atoms with van der Waals surface area (Å²) in [6.07, 6.45) is -0.0608. The minimum Gasteiger partial charge on any atom is -0.323 e. The first-order valence-electron chi connectivity index (χ1n) is 9.23. The highest BCUT2D eigenvalue weighted by molar-refractivity contribution is 8.00. The second kappa shape index (κ2) is 9.81. The molecule has 11 heteroatoms. The van der Waals surface area contributed by atoms with Crippen molar-refractivity contribution in [3.05, 3.63) is 47.0 Å². The summed E-state index contributed by atoms with van der Waals surface area (Å²) in [5.41, 5.74) is 0.960. The van der Waals surface area contributed by atoms with E-state index in [1.54, 1.807) is 23.6 Å². The van der Waals surface area contributed by atoms with Crippen LogP contribution in [-0.4, -0.2) is 36.8 Å². The van der Waals surface area contributed by atoms with E-state index in [2.05, 4.69) is 25.8 Å². The van der Waals surface area contributed by atoms with E-state index in [9.17, 15) is 14.0 Å². The van der Waals surface area contributed by atoms with Crippen molar-refractivity contribution in [2.45, 2.75) is 44.1 Å². The molecule has 0 aliphatic rings. The van der Waals surface area contributed by atoms with E-state index in [0.29, 0.717) is 22.7 Å². The van der Waals surface area contributed by atoms with Gasteiger partial charge in [0.1, 0.15) is 11.6 Å². The Balaban J connectivity index is 1.63. The maximum absolute atomic E-state index is 13.7. The van der Waals surface area contributed by atoms with Gasteiger partial charge in [0.2, 0.25) is 11.8 Å². The van der Waals surface area contributed by atoms with Gasteiger partial charge in [-0.1, -0.05) is 23.9 Å². The minimum atomic E-state index is -0.505. The summed E-state index contributed by atoms with van der Waals surface area (Å²) in [7, 11) is 0. The summed E-state index contributed by atoms with van der Waals surface area (Å²) in [5.74, 6) is -0.658. The lowest BCUT2D eigenvalue weighted by Gasteiger charge is -2.12. The Hall–Kier alpha value is -2.79. The molecule has 0 unspecified atom stereocenters. The number of benzene rings is 1. The molecule has 8 nitrogen and oxygen atoms in total. The lowest BCUT2D eigenvalue weighted by molar-refractivity contribution is -0.116. The van der Waals surface area contributed by atoms with Gasteiger partial charge in [0.15, 0.2) is 10.3 Å². The van der Waals surface area contributed by atoms with E-state index in [1.165, 1.54) is 35.2 Å². The zero-order valence-corrected chi connectivity index (χ0v) is 18.3. The summed E-state index contributed by atoms with van der Waals surface area (Å²) in [4.78, 5) is 29.0. The van der Waals surface area contributed by atoms with Gasteiger partial charge in [-0.15, -0.1) is 21.5 Å². The number of thiazole rings is 1. The maximum Gasteiger partial charge on any atom is 0.239 e. The molecule has 0 saturated carbocycles. The Morgan fingerprint density at radius 3 is 2.70 bits per heavy atom. The highest BCUT2D eigenvalue weighted by Gasteiger charge is 2.21. The lowest BCUT2D eigenvalue weighted by atomic mass is 10.3. The van der Waals surface area contributed by atoms with Gasteiger partial charge in [0, 0.05) is 11.9 Å². The number of halogens is 1. The van der Waals surface area contributed by atoms with Crippen LogP contribution in [0, 0.1) is 12.7 Å². The summed E-state index contributed by atoms with van der Waals surface area (Å²) in [5, 5.41) is 16.0. The molecule has 1 atom stereocenters. The number of aryl methyl sites for hydroxylation is 1. The quantitative estimate of drug-likeness (QED) is 0.512. The highest BCUT2D eigenvalue weighted by Crippen LogP contribution is 2.24. The summed E-state index contributed by atoms with van der Waals surface area (Å²) < 4.78 is 15.5. The van der Waals surface area contributed by atoms with Crippen molar-refractivity contribution in [3.63, 3.8) is 0 Å². The number of carbonyl (C=O) groups excluding carboxylic acids is 2. The normalized spacial score (nSPS) is 11.9. The van der Waals surface area contributed by atoms with E-state index in [1.807, 2.05) is 19.2 Å². The van der Waals surface area contributed by atoms with Gasteiger partial charge in [-0.25, -0.2) is 9.37 Å². The van der Waals surface area contributed by atoms with Crippen LogP contribution in [0.5, 0.6) is 0 Å². The van der Waals surface area contributed by atoms with E-state index in [-0.39, 0.29) is 18.0 Å². The largest absolute Gasteiger partial charge is 0.323 e. The summed E-state index contributed by atoms with van der Waals surface area (Å²) in [6.45, 7) is 6.05. The zero-order chi connectivity index (χ0) is 21.7. The molecule has 0 saturated heterocycles. The first kappa shape index (κ1) is 21.9. The Morgan fingerprint density at radius 2 is 2.03 bits per heavy atom. The summed E-state index contributed by atoms with van der Waals surface area (Å²) in [6, 6.07) is 5.96. The van der Waals surface area contributed by atoms with Crippen molar-refractivity contribution in [1.82, 2.24) is 19.7 Å². The number of nitrogens with one attached hydrogen (secondary N) is 2. The molecule has 1 aromatic carbocycles. The van der Waals surface area contributed by atoms with Crippen molar-refractivity contribution in [3.8, 4) is 0 Å². The fourth-order valence-electron chi connectivity index (χ4n) is 2.59. The van der Waals surface area contributed by atoms with Gasteiger partial charge in [-0.3, -0.25) is 9.59 Å². The summed E-state index contributed by atoms with van der Waals surface area (Å²) >= 11 is 2.61. The molecular formula is C19H21FN6O2S2. The van der Waals surface area contributed by atoms with Crippen LogP contribution in [0.4, 0.5) is 15.2 Å². The lowest BCUT2D eigenvalue weighted by Crippen LogP contribution is -2.23. The molecule has 158 valence electrons. The molecule has 2 heterocycles. The molecule has 0 spiro atoms. The van der Waals surface area contributed by atoms with Gasteiger partial charge in [0.05, 0.1) is 23.1 Å². The fourth-order valence-corrected chi connectivity index (χ4v) is 4.21. The van der Waals surface area contributed by atoms with Crippen molar-refractivity contribution in [2.75, 3.05) is 10.6 Å². The van der Waals surface area contributed by atoms with Gasteiger partial charge in [-0.05, 0) is 32.9 Å². The van der Waals surface area contributed by atoms with Crippen LogP contribution < -0.4 is 10.6 Å². The van der Waals surface area contributed by atoms with Gasteiger partial charge in [0.25, 0.3) is 0 Å². The highest BCUT2D eigenvalue weighted by atomic mass is 32.2. The monoisotopic (exact) mass is 448 g/mol. The van der Waals surface area contributed by atoms with E-state index in [0.717, 1.165) is 5.69 Å². The molecule has 2 aromatic heterocycles. The molecule has 3 aromatic rings. The number of hydrogen-bond acceptors (Lipinski definition) is 7. The van der Waals surface area contributed by atoms with Crippen LogP contribution in [0.1, 0.15) is 25.4 Å². The number of carbonyl (C=O) groups is 2. The van der Waals surface area contributed by atoms with Crippen LogP contribution in [0.2, 0.25) is 0 Å². The standard InChI is InChI=1S/C19H21FN6O2S2/c1-4-26-15(9-16(27)22-14-8-6-5-7-13(14)20)24-25-19(26)30-12(3)17(28)23-18-21-11(2)10-29-18/h5-8,10,12H,4,9H2,1-3H3,(H,22,27)(H,21,23,28)/t12-/m1/s1. The van der Waals surface area contributed by atoms with Crippen molar-refractivity contribution in [2.24, 2.45) is 0 Å². The third kappa shape index (κ3) is 5.42. The Labute approximate surface area is 181 Å². The van der Waals surface area contributed by atoms with E-state index >= 15 is 0 Å². The zero-order valence-electron chi connectivity index (χ0n) is 16.7. The van der Waals surface area contributed by atoms with Crippen LogP contribution in [0.15, 0.2) is 34.8 Å². The Morgan fingerprint density at radius 1 is 1.27 bits per heavy atom. The predicted molar refractivity (Wildman–Crippen MR) is 115 cm³/mol. The van der Waals surface area contributed by atoms with E-state index in [4.69, 9.17) is 0 Å². The smallest absolute Gasteiger partial charge is 0.239 e. The average molecular weight is 449 g/mol. The molecular weight excluding hydrogens is 427 g/mol. The van der Waals surface area contributed by atoms with Gasteiger partial charge in [-0.2, -0.15) is 0 Å². The molecule has 0 fully saturated rings. The molecule has 2 amide bonds. The Kier molecular flexibility index (Phi) is 7.16. The second-order valence-corrected chi connectivity index (χ2v) is 8.56. The van der Waals surface area contributed by atoms with Crippen molar-refractivity contribution in [1.29, 1.82) is 0 Å². The van der Waals surface area contributed by atoms with Crippen molar-refractivity contribution < 1.29 is 14.0 Å². The fraction of sp³-hybridized carbons (Fsp3) is 0.316. The number of para-hydroxylation sites is 1. The van der Waals surface area contributed by atoms with Crippen LogP contribution in [0.3, 0.4) is 0 Å². The molecule has 2 N–H and O–H groups in total. The van der Waals surface area contributed by atoms with E-state index < -0.39 is 17.0 Å².